The van der Waals surface area contributed by atoms with E-state index in [1.165, 1.54) is 29.3 Å². The SMILES string of the molecule is CCN(CC)C(=O)Cn1cc(C2C(=O)N(CCCN)c3cc(C(=O)OC)ccc3N2OC(=O)C(F)(F)F)c2ccccc21. The van der Waals surface area contributed by atoms with Crippen LogP contribution >= 0.6 is 0 Å². The first kappa shape index (κ1) is 31.3. The van der Waals surface area contributed by atoms with Crippen molar-refractivity contribution in [2.45, 2.75) is 39.0 Å². The van der Waals surface area contributed by atoms with E-state index < -0.39 is 30.1 Å². The third kappa shape index (κ3) is 6.14. The number of esters is 1. The number of ether oxygens (including phenoxy) is 1. The zero-order chi connectivity index (χ0) is 31.5. The van der Waals surface area contributed by atoms with Crippen molar-refractivity contribution >= 4 is 46.0 Å². The number of fused-ring (bicyclic) bond motifs is 2. The number of carbonyl (C=O) groups is 4. The summed E-state index contributed by atoms with van der Waals surface area (Å²) in [5.74, 6) is -4.20. The lowest BCUT2D eigenvalue weighted by Gasteiger charge is -2.41. The normalized spacial score (nSPS) is 15.0. The number of alkyl halides is 3. The van der Waals surface area contributed by atoms with E-state index in [0.29, 0.717) is 35.5 Å². The molecule has 0 aliphatic carbocycles. The average molecular weight is 604 g/mol. The number of para-hydroxylation sites is 1. The van der Waals surface area contributed by atoms with Gasteiger partial charge in [0, 0.05) is 42.3 Å². The first-order valence-corrected chi connectivity index (χ1v) is 13.6. The number of hydrogen-bond acceptors (Lipinski definition) is 8. The quantitative estimate of drug-likeness (QED) is 0.349. The molecule has 43 heavy (non-hydrogen) atoms. The van der Waals surface area contributed by atoms with Crippen molar-refractivity contribution in [2.24, 2.45) is 5.73 Å². The molecule has 0 radical (unpaired) electrons. The highest BCUT2D eigenvalue weighted by molar-refractivity contribution is 6.09. The molecule has 2 heterocycles. The highest BCUT2D eigenvalue weighted by Gasteiger charge is 2.48. The van der Waals surface area contributed by atoms with Crippen molar-refractivity contribution in [2.75, 3.05) is 43.3 Å². The van der Waals surface area contributed by atoms with Crippen LogP contribution in [-0.2, 0) is 30.5 Å². The predicted molar refractivity (Wildman–Crippen MR) is 151 cm³/mol. The summed E-state index contributed by atoms with van der Waals surface area (Å²) in [7, 11) is 1.16. The summed E-state index contributed by atoms with van der Waals surface area (Å²) in [4.78, 5) is 59.5. The molecule has 0 bridgehead atoms. The lowest BCUT2D eigenvalue weighted by Crippen LogP contribution is -2.50. The molecule has 2 amide bonds. The van der Waals surface area contributed by atoms with Gasteiger partial charge in [-0.25, -0.2) is 9.59 Å². The van der Waals surface area contributed by atoms with Crippen LogP contribution in [0.25, 0.3) is 10.9 Å². The number of carbonyl (C=O) groups excluding carboxylic acids is 4. The minimum atomic E-state index is -5.37. The molecule has 1 aromatic heterocycles. The van der Waals surface area contributed by atoms with Crippen LogP contribution in [0.3, 0.4) is 0 Å². The standard InChI is InChI=1S/C29H32F3N5O6/c1-4-34(5-2)24(38)17-35-16-20(19-9-6-7-10-21(19)35)25-26(39)36(14-8-13-33)23-15-18(27(40)42-3)11-12-22(23)37(25)43-28(41)29(30,31)32/h6-7,9-12,15-16,25H,4-5,8,13-14,17,33H2,1-3H3. The number of nitrogens with two attached hydrogens (primary N) is 1. The van der Waals surface area contributed by atoms with Crippen molar-refractivity contribution in [3.8, 4) is 0 Å². The van der Waals surface area contributed by atoms with Crippen molar-refractivity contribution in [1.82, 2.24) is 9.47 Å². The molecule has 2 N–H and O–H groups in total. The van der Waals surface area contributed by atoms with Crippen LogP contribution in [0.5, 0.6) is 0 Å². The monoisotopic (exact) mass is 603 g/mol. The van der Waals surface area contributed by atoms with Crippen LogP contribution in [0.1, 0.15) is 42.2 Å². The molecule has 1 atom stereocenters. The lowest BCUT2D eigenvalue weighted by atomic mass is 9.99. The Balaban J connectivity index is 1.94. The van der Waals surface area contributed by atoms with E-state index in [2.05, 4.69) is 0 Å². The summed E-state index contributed by atoms with van der Waals surface area (Å²) in [6.07, 6.45) is -3.54. The Morgan fingerprint density at radius 3 is 2.37 bits per heavy atom. The molecule has 0 spiro atoms. The fourth-order valence-corrected chi connectivity index (χ4v) is 5.10. The summed E-state index contributed by atoms with van der Waals surface area (Å²) < 4.78 is 46.9. The molecule has 0 fully saturated rings. The molecule has 1 aliphatic rings. The van der Waals surface area contributed by atoms with Crippen molar-refractivity contribution in [3.05, 3.63) is 59.8 Å². The molecular weight excluding hydrogens is 571 g/mol. The highest BCUT2D eigenvalue weighted by Crippen LogP contribution is 2.45. The number of rotatable bonds is 10. The fraction of sp³-hybridized carbons (Fsp3) is 0.379. The molecule has 230 valence electrons. The topological polar surface area (TPSA) is 127 Å². The maximum atomic E-state index is 14.2. The van der Waals surface area contributed by atoms with Gasteiger partial charge in [-0.2, -0.15) is 18.2 Å². The number of benzene rings is 2. The molecule has 1 unspecified atom stereocenters. The summed E-state index contributed by atoms with van der Waals surface area (Å²) in [5, 5.41) is 1.08. The van der Waals surface area contributed by atoms with E-state index in [1.54, 1.807) is 33.7 Å². The van der Waals surface area contributed by atoms with Gasteiger partial charge in [-0.05, 0) is 51.1 Å². The number of aromatic nitrogens is 1. The summed E-state index contributed by atoms with van der Waals surface area (Å²) in [5.41, 5.74) is 6.47. The number of amides is 2. The Morgan fingerprint density at radius 1 is 1.05 bits per heavy atom. The molecule has 3 aromatic rings. The molecular formula is C29H32F3N5O6. The third-order valence-corrected chi connectivity index (χ3v) is 7.19. The molecule has 0 saturated heterocycles. The second-order valence-electron chi connectivity index (χ2n) is 9.73. The first-order valence-electron chi connectivity index (χ1n) is 13.6. The fourth-order valence-electron chi connectivity index (χ4n) is 5.10. The maximum Gasteiger partial charge on any atom is 0.493 e. The Morgan fingerprint density at radius 2 is 1.74 bits per heavy atom. The van der Waals surface area contributed by atoms with E-state index in [0.717, 1.165) is 7.11 Å². The van der Waals surface area contributed by atoms with E-state index in [1.807, 2.05) is 13.8 Å². The van der Waals surface area contributed by atoms with Gasteiger partial charge in [0.25, 0.3) is 5.91 Å². The van der Waals surface area contributed by atoms with Gasteiger partial charge in [-0.3, -0.25) is 9.59 Å². The molecule has 4 rings (SSSR count). The minimum absolute atomic E-state index is 0.0267. The van der Waals surface area contributed by atoms with Crippen LogP contribution in [-0.4, -0.2) is 72.7 Å². The summed E-state index contributed by atoms with van der Waals surface area (Å²) >= 11 is 0. The van der Waals surface area contributed by atoms with Gasteiger partial charge in [-0.15, -0.1) is 0 Å². The predicted octanol–water partition coefficient (Wildman–Crippen LogP) is 3.56. The summed E-state index contributed by atoms with van der Waals surface area (Å²) in [6, 6.07) is 9.08. The van der Waals surface area contributed by atoms with Gasteiger partial charge in [0.15, 0.2) is 6.04 Å². The first-order chi connectivity index (χ1) is 20.5. The van der Waals surface area contributed by atoms with E-state index in [9.17, 15) is 32.3 Å². The van der Waals surface area contributed by atoms with Crippen LogP contribution in [0.2, 0.25) is 0 Å². The van der Waals surface area contributed by atoms with E-state index in [4.69, 9.17) is 15.3 Å². The van der Waals surface area contributed by atoms with Crippen molar-refractivity contribution < 1.29 is 41.9 Å². The number of nitrogens with zero attached hydrogens (tertiary/aromatic N) is 4. The Bertz CT molecular complexity index is 1530. The second-order valence-corrected chi connectivity index (χ2v) is 9.73. The van der Waals surface area contributed by atoms with E-state index >= 15 is 0 Å². The van der Waals surface area contributed by atoms with Gasteiger partial charge in [0.1, 0.15) is 12.2 Å². The molecule has 2 aromatic carbocycles. The zero-order valence-corrected chi connectivity index (χ0v) is 23.9. The maximum absolute atomic E-state index is 14.2. The molecule has 1 aliphatic heterocycles. The Labute approximate surface area is 245 Å². The Kier molecular flexibility index (Phi) is 9.28. The van der Waals surface area contributed by atoms with Crippen LogP contribution in [0.15, 0.2) is 48.7 Å². The third-order valence-electron chi connectivity index (χ3n) is 7.19. The molecule has 11 nitrogen and oxygen atoms in total. The summed E-state index contributed by atoms with van der Waals surface area (Å²) in [6.45, 7) is 4.79. The second kappa shape index (κ2) is 12.7. The van der Waals surface area contributed by atoms with Crippen LogP contribution in [0, 0.1) is 0 Å². The number of halogens is 3. The lowest BCUT2D eigenvalue weighted by molar-refractivity contribution is -0.202. The molecule has 14 heteroatoms. The van der Waals surface area contributed by atoms with Crippen LogP contribution < -0.4 is 15.7 Å². The number of hydroxylamine groups is 1. The van der Waals surface area contributed by atoms with Crippen molar-refractivity contribution in [1.29, 1.82) is 0 Å². The number of hydrogen-bond donors (Lipinski definition) is 1. The van der Waals surface area contributed by atoms with Crippen LogP contribution in [0.4, 0.5) is 24.5 Å². The van der Waals surface area contributed by atoms with Gasteiger partial charge >= 0.3 is 18.1 Å². The van der Waals surface area contributed by atoms with E-state index in [-0.39, 0.29) is 48.0 Å². The number of likely N-dealkylation sites (N-methyl/N-ethyl adjacent to an activating group) is 1. The van der Waals surface area contributed by atoms with Gasteiger partial charge in [-0.1, -0.05) is 18.2 Å². The van der Waals surface area contributed by atoms with Gasteiger partial charge in [0.2, 0.25) is 5.91 Å². The smallest absolute Gasteiger partial charge is 0.465 e. The average Bonchev–Trinajstić information content (AvgIpc) is 3.34. The highest BCUT2D eigenvalue weighted by atomic mass is 19.4. The van der Waals surface area contributed by atoms with Crippen molar-refractivity contribution in [3.63, 3.8) is 0 Å². The van der Waals surface area contributed by atoms with Gasteiger partial charge < -0.3 is 29.7 Å². The zero-order valence-electron chi connectivity index (χ0n) is 23.9. The van der Waals surface area contributed by atoms with Gasteiger partial charge in [0.05, 0.1) is 18.4 Å². The number of anilines is 2. The number of methoxy groups -OCH3 is 1. The molecule has 0 saturated carbocycles. The minimum Gasteiger partial charge on any atom is -0.465 e. The Hall–Kier alpha value is -4.59. The largest absolute Gasteiger partial charge is 0.493 e.